The lowest BCUT2D eigenvalue weighted by atomic mass is 9.97. The van der Waals surface area contributed by atoms with Crippen molar-refractivity contribution in [2.75, 3.05) is 13.1 Å². The number of halogens is 3. The molecule has 0 saturated carbocycles. The molecule has 296 valence electrons. The lowest BCUT2D eigenvalue weighted by Crippen LogP contribution is -2.35. The molecule has 1 fully saturated rings. The van der Waals surface area contributed by atoms with Gasteiger partial charge in [-0.2, -0.15) is 15.5 Å². The molecule has 1 atom stereocenters. The van der Waals surface area contributed by atoms with E-state index in [1.165, 1.54) is 6.07 Å². The van der Waals surface area contributed by atoms with Crippen molar-refractivity contribution in [3.05, 3.63) is 133 Å². The maximum atomic E-state index is 11.5. The van der Waals surface area contributed by atoms with Crippen LogP contribution in [0.1, 0.15) is 59.1 Å². The number of benzene rings is 4. The van der Waals surface area contributed by atoms with E-state index >= 15 is 0 Å². The summed E-state index contributed by atoms with van der Waals surface area (Å²) in [5.74, 6) is -0.469. The number of hydrogen-bond donors (Lipinski definition) is 4. The molecule has 1 aliphatic heterocycles. The zero-order chi connectivity index (χ0) is 41.0. The quantitative estimate of drug-likeness (QED) is 0.0627. The van der Waals surface area contributed by atoms with Gasteiger partial charge in [-0.05, 0) is 60.3 Å². The summed E-state index contributed by atoms with van der Waals surface area (Å²) in [5.41, 5.74) is 6.90. The SMILES string of the molecule is N#Cc1cc(C#N)cc(COc2nc(OCc3cccc(-c4cccc(-c5ccc(CNC[C@@H]6CCC(=O)N6)cc5)c4Cl)c3Cl)c(Cl)cc2CNCCCC(=O)O)c1. The van der Waals surface area contributed by atoms with Crippen LogP contribution in [0.15, 0.2) is 84.9 Å². The third kappa shape index (κ3) is 11.0. The summed E-state index contributed by atoms with van der Waals surface area (Å²) in [6, 6.07) is 30.3. The van der Waals surface area contributed by atoms with Crippen molar-refractivity contribution in [2.24, 2.45) is 0 Å². The Kier molecular flexibility index (Phi) is 14.6. The predicted octanol–water partition coefficient (Wildman–Crippen LogP) is 8.60. The minimum Gasteiger partial charge on any atom is -0.481 e. The first-order chi connectivity index (χ1) is 28.1. The molecule has 0 bridgehead atoms. The minimum absolute atomic E-state index is 0.00168. The maximum absolute atomic E-state index is 11.5. The average Bonchev–Trinajstić information content (AvgIpc) is 3.65. The van der Waals surface area contributed by atoms with Crippen molar-refractivity contribution >= 4 is 46.7 Å². The molecule has 4 aromatic carbocycles. The van der Waals surface area contributed by atoms with Gasteiger partial charge in [0.15, 0.2) is 0 Å². The van der Waals surface area contributed by atoms with Crippen LogP contribution in [-0.2, 0) is 35.9 Å². The molecule has 58 heavy (non-hydrogen) atoms. The first kappa shape index (κ1) is 42.0. The lowest BCUT2D eigenvalue weighted by molar-refractivity contribution is -0.137. The Morgan fingerprint density at radius 2 is 1.50 bits per heavy atom. The fourth-order valence-corrected chi connectivity index (χ4v) is 7.37. The molecule has 2 heterocycles. The van der Waals surface area contributed by atoms with Crippen LogP contribution in [0.25, 0.3) is 22.3 Å². The first-order valence-corrected chi connectivity index (χ1v) is 19.7. The van der Waals surface area contributed by atoms with Gasteiger partial charge >= 0.3 is 5.97 Å². The molecule has 0 unspecified atom stereocenters. The second-order valence-electron chi connectivity index (χ2n) is 13.7. The van der Waals surface area contributed by atoms with E-state index < -0.39 is 5.97 Å². The number of carboxylic acid groups (broad SMARTS) is 1. The number of nitriles is 2. The summed E-state index contributed by atoms with van der Waals surface area (Å²) >= 11 is 20.8. The molecule has 14 heteroatoms. The molecule has 1 aliphatic rings. The van der Waals surface area contributed by atoms with Crippen molar-refractivity contribution in [3.8, 4) is 46.2 Å². The highest BCUT2D eigenvalue weighted by Crippen LogP contribution is 2.40. The molecule has 5 aromatic rings. The molecular formula is C44H39Cl3N6O5. The third-order valence-electron chi connectivity index (χ3n) is 9.47. The molecular weight excluding hydrogens is 799 g/mol. The highest BCUT2D eigenvalue weighted by atomic mass is 35.5. The minimum atomic E-state index is -0.879. The Hall–Kier alpha value is -5.66. The van der Waals surface area contributed by atoms with E-state index in [4.69, 9.17) is 49.4 Å². The number of ether oxygens (including phenoxy) is 2. The van der Waals surface area contributed by atoms with Gasteiger partial charge in [0.25, 0.3) is 0 Å². The third-order valence-corrected chi connectivity index (χ3v) is 10.6. The number of carbonyl (C=O) groups excluding carboxylic acids is 1. The molecule has 4 N–H and O–H groups in total. The van der Waals surface area contributed by atoms with Crippen LogP contribution in [0.3, 0.4) is 0 Å². The Morgan fingerprint density at radius 1 is 0.810 bits per heavy atom. The van der Waals surface area contributed by atoms with E-state index in [9.17, 15) is 20.1 Å². The van der Waals surface area contributed by atoms with Gasteiger partial charge in [0.05, 0.1) is 33.3 Å². The van der Waals surface area contributed by atoms with Gasteiger partial charge < -0.3 is 30.5 Å². The van der Waals surface area contributed by atoms with E-state index in [1.807, 2.05) is 48.5 Å². The maximum Gasteiger partial charge on any atom is 0.303 e. The van der Waals surface area contributed by atoms with E-state index in [-0.39, 0.29) is 54.9 Å². The van der Waals surface area contributed by atoms with Gasteiger partial charge in [0.2, 0.25) is 17.7 Å². The molecule has 0 radical (unpaired) electrons. The number of pyridine rings is 1. The number of aromatic nitrogens is 1. The Balaban J connectivity index is 1.17. The number of hydrogen-bond acceptors (Lipinski definition) is 9. The van der Waals surface area contributed by atoms with Crippen LogP contribution in [0, 0.1) is 22.7 Å². The standard InChI is InChI=1S/C44H39Cl3N6O5/c45-38-19-33(23-50-15-3-8-40(55)56)43(57-25-30-17-28(20-48)16-29(18-30)21-49)53-44(38)58-26-32-4-1-6-36(41(32)46)37-7-2-5-35(42(37)47)31-11-9-27(10-12-31)22-51-24-34-13-14-39(54)52-34/h1-2,4-7,9-12,16-19,34,50-51H,3,8,13-15,22-26H2,(H,52,54)(H,55,56)/t34-/m0/s1. The second kappa shape index (κ2) is 20.2. The number of carbonyl (C=O) groups is 2. The van der Waals surface area contributed by atoms with Crippen molar-refractivity contribution in [3.63, 3.8) is 0 Å². The molecule has 1 aromatic heterocycles. The second-order valence-corrected chi connectivity index (χ2v) is 14.9. The first-order valence-electron chi connectivity index (χ1n) is 18.6. The van der Waals surface area contributed by atoms with Gasteiger partial charge in [-0.25, -0.2) is 0 Å². The summed E-state index contributed by atoms with van der Waals surface area (Å²) in [5, 5.41) is 38.6. The number of nitrogens with zero attached hydrogens (tertiary/aromatic N) is 3. The molecule has 1 saturated heterocycles. The van der Waals surface area contributed by atoms with Gasteiger partial charge in [-0.1, -0.05) is 95.5 Å². The van der Waals surface area contributed by atoms with E-state index in [0.29, 0.717) is 63.8 Å². The van der Waals surface area contributed by atoms with Gasteiger partial charge in [-0.15, -0.1) is 0 Å². The Bertz CT molecular complexity index is 2350. The summed E-state index contributed by atoms with van der Waals surface area (Å²) in [4.78, 5) is 27.0. The normalized spacial score (nSPS) is 13.4. The number of aliphatic carboxylic acids is 1. The highest BCUT2D eigenvalue weighted by Gasteiger charge is 2.20. The zero-order valence-corrected chi connectivity index (χ0v) is 33.6. The zero-order valence-electron chi connectivity index (χ0n) is 31.3. The van der Waals surface area contributed by atoms with Crippen LogP contribution in [-0.4, -0.2) is 41.1 Å². The average molecular weight is 838 g/mol. The fraction of sp³-hybridized carbons (Fsp3) is 0.250. The summed E-state index contributed by atoms with van der Waals surface area (Å²) in [6.45, 7) is 2.14. The largest absolute Gasteiger partial charge is 0.481 e. The van der Waals surface area contributed by atoms with Crippen molar-refractivity contribution in [1.29, 1.82) is 10.5 Å². The van der Waals surface area contributed by atoms with E-state index in [1.54, 1.807) is 18.2 Å². The van der Waals surface area contributed by atoms with Crippen LogP contribution in [0.2, 0.25) is 15.1 Å². The molecule has 6 rings (SSSR count). The smallest absolute Gasteiger partial charge is 0.303 e. The predicted molar refractivity (Wildman–Crippen MR) is 223 cm³/mol. The molecule has 0 spiro atoms. The van der Waals surface area contributed by atoms with E-state index in [2.05, 4.69) is 45.2 Å². The van der Waals surface area contributed by atoms with Crippen LogP contribution >= 0.6 is 34.8 Å². The topological polar surface area (TPSA) is 169 Å². The summed E-state index contributed by atoms with van der Waals surface area (Å²) in [7, 11) is 0. The summed E-state index contributed by atoms with van der Waals surface area (Å²) < 4.78 is 12.3. The van der Waals surface area contributed by atoms with Crippen LogP contribution < -0.4 is 25.4 Å². The number of rotatable bonds is 18. The van der Waals surface area contributed by atoms with Gasteiger partial charge in [0.1, 0.15) is 18.2 Å². The number of carboxylic acids is 1. The van der Waals surface area contributed by atoms with Crippen molar-refractivity contribution in [2.45, 2.75) is 58.0 Å². The molecule has 11 nitrogen and oxygen atoms in total. The van der Waals surface area contributed by atoms with E-state index in [0.717, 1.165) is 40.8 Å². The van der Waals surface area contributed by atoms with Crippen LogP contribution in [0.5, 0.6) is 11.8 Å². The van der Waals surface area contributed by atoms with Gasteiger partial charge in [0, 0.05) is 66.3 Å². The van der Waals surface area contributed by atoms with Crippen molar-refractivity contribution < 1.29 is 24.2 Å². The Labute approximate surface area is 351 Å². The van der Waals surface area contributed by atoms with Crippen molar-refractivity contribution in [1.82, 2.24) is 20.9 Å². The van der Waals surface area contributed by atoms with Gasteiger partial charge in [-0.3, -0.25) is 9.59 Å². The van der Waals surface area contributed by atoms with Crippen LogP contribution in [0.4, 0.5) is 0 Å². The fourth-order valence-electron chi connectivity index (χ4n) is 6.52. The Morgan fingerprint density at radius 3 is 2.19 bits per heavy atom. The number of amides is 1. The molecule has 0 aliphatic carbocycles. The number of nitrogens with one attached hydrogen (secondary N) is 3. The molecule has 1 amide bonds. The monoisotopic (exact) mass is 836 g/mol. The lowest BCUT2D eigenvalue weighted by Gasteiger charge is -2.16. The highest BCUT2D eigenvalue weighted by molar-refractivity contribution is 6.38. The summed E-state index contributed by atoms with van der Waals surface area (Å²) in [6.07, 6.45) is 1.88.